The summed E-state index contributed by atoms with van der Waals surface area (Å²) in [6.07, 6.45) is 4.05. The van der Waals surface area contributed by atoms with Crippen molar-refractivity contribution in [2.75, 3.05) is 18.5 Å². The lowest BCUT2D eigenvalue weighted by Crippen LogP contribution is -2.26. The summed E-state index contributed by atoms with van der Waals surface area (Å²) in [4.78, 5) is 0. The van der Waals surface area contributed by atoms with Gasteiger partial charge in [-0.1, -0.05) is 41.5 Å². The average Bonchev–Trinajstić information content (AvgIpc) is 1.70. The van der Waals surface area contributed by atoms with E-state index in [2.05, 4.69) is 69.3 Å². The van der Waals surface area contributed by atoms with Gasteiger partial charge in [-0.2, -0.15) is 0 Å². The summed E-state index contributed by atoms with van der Waals surface area (Å²) in [7, 11) is 9.12. The van der Waals surface area contributed by atoms with Gasteiger partial charge in [-0.15, -0.1) is 35.6 Å². The van der Waals surface area contributed by atoms with Gasteiger partial charge < -0.3 is 0 Å². The number of rotatable bonds is 6. The summed E-state index contributed by atoms with van der Waals surface area (Å²) >= 11 is 0. The van der Waals surface area contributed by atoms with E-state index in [4.69, 9.17) is 0 Å². The normalized spacial score (nSPS) is 14.6. The lowest BCUT2D eigenvalue weighted by atomic mass is 10.2. The molecule has 0 aromatic heterocycles. The quantitative estimate of drug-likeness (QED) is 0.636. The third kappa shape index (κ3) is 12.2. The third-order valence-corrected chi connectivity index (χ3v) is 7.32. The van der Waals surface area contributed by atoms with E-state index in [-0.39, 0.29) is 7.92 Å². The monoisotopic (exact) mass is 298 g/mol. The molecule has 0 bridgehead atoms. The Morgan fingerprint density at radius 1 is 0.625 bits per heavy atom. The second-order valence-corrected chi connectivity index (χ2v) is 14.1. The molecule has 3 atom stereocenters. The molecule has 0 nitrogen and oxygen atoms in total. The van der Waals surface area contributed by atoms with Gasteiger partial charge in [0.05, 0.1) is 0 Å². The van der Waals surface area contributed by atoms with E-state index < -0.39 is 0 Å². The van der Waals surface area contributed by atoms with Crippen LogP contribution in [-0.2, 0) is 0 Å². The fourth-order valence-electron chi connectivity index (χ4n) is 1.90. The molecule has 0 radical (unpaired) electrons. The maximum Gasteiger partial charge on any atom is -0.0167 e. The standard InChI is InChI=1S/C12H30P4/c1-10(2,13)7-16(8-11(3,4)14)9-12(5,6)15/h7-9,13-15H2,1-6H3. The van der Waals surface area contributed by atoms with Crippen molar-refractivity contribution >= 4 is 35.6 Å². The summed E-state index contributed by atoms with van der Waals surface area (Å²) in [6, 6.07) is 0. The van der Waals surface area contributed by atoms with Crippen LogP contribution in [-0.4, -0.2) is 34.0 Å². The molecule has 0 aromatic carbocycles. The van der Waals surface area contributed by atoms with E-state index in [1.807, 2.05) is 0 Å². The molecule has 0 rings (SSSR count). The minimum Gasteiger partial charge on any atom is -0.131 e. The molecule has 16 heavy (non-hydrogen) atoms. The highest BCUT2D eigenvalue weighted by atomic mass is 31.1. The largest absolute Gasteiger partial charge is 0.131 e. The van der Waals surface area contributed by atoms with Crippen LogP contribution in [0.4, 0.5) is 0 Å². The first kappa shape index (κ1) is 17.7. The van der Waals surface area contributed by atoms with Crippen LogP contribution in [0.25, 0.3) is 0 Å². The molecule has 98 valence electrons. The Labute approximate surface area is 111 Å². The molecule has 0 aliphatic carbocycles. The Kier molecular flexibility index (Phi) is 6.92. The van der Waals surface area contributed by atoms with E-state index in [1.54, 1.807) is 0 Å². The Morgan fingerprint density at radius 2 is 0.812 bits per heavy atom. The number of hydrogen-bond acceptors (Lipinski definition) is 0. The van der Waals surface area contributed by atoms with Crippen LogP contribution in [0.2, 0.25) is 0 Å². The highest BCUT2D eigenvalue weighted by molar-refractivity contribution is 7.59. The maximum absolute atomic E-state index is 3.00. The van der Waals surface area contributed by atoms with Crippen molar-refractivity contribution in [3.8, 4) is 0 Å². The zero-order valence-electron chi connectivity index (χ0n) is 11.8. The van der Waals surface area contributed by atoms with E-state index in [1.165, 1.54) is 18.5 Å². The molecule has 4 heteroatoms. The van der Waals surface area contributed by atoms with E-state index in [9.17, 15) is 0 Å². The van der Waals surface area contributed by atoms with Crippen molar-refractivity contribution in [1.82, 2.24) is 0 Å². The summed E-state index contributed by atoms with van der Waals surface area (Å²) < 4.78 is 0. The molecule has 0 heterocycles. The molecule has 0 aliphatic heterocycles. The minimum absolute atomic E-state index is 0.113. The lowest BCUT2D eigenvalue weighted by Gasteiger charge is -2.35. The fraction of sp³-hybridized carbons (Fsp3) is 1.00. The van der Waals surface area contributed by atoms with Crippen LogP contribution in [0, 0.1) is 0 Å². The molecule has 0 amide bonds. The van der Waals surface area contributed by atoms with Crippen molar-refractivity contribution in [1.29, 1.82) is 0 Å². The van der Waals surface area contributed by atoms with Gasteiger partial charge in [-0.25, -0.2) is 0 Å². The first-order valence-electron chi connectivity index (χ1n) is 5.88. The molecule has 0 aliphatic rings. The second-order valence-electron chi connectivity index (χ2n) is 7.11. The van der Waals surface area contributed by atoms with Gasteiger partial charge >= 0.3 is 0 Å². The van der Waals surface area contributed by atoms with Crippen LogP contribution in [0.5, 0.6) is 0 Å². The molecule has 3 unspecified atom stereocenters. The van der Waals surface area contributed by atoms with Crippen molar-refractivity contribution < 1.29 is 0 Å². The fourth-order valence-corrected chi connectivity index (χ4v) is 8.01. The van der Waals surface area contributed by atoms with Crippen LogP contribution >= 0.6 is 35.6 Å². The number of hydrogen-bond donors (Lipinski definition) is 0. The van der Waals surface area contributed by atoms with Gasteiger partial charge in [0.2, 0.25) is 0 Å². The van der Waals surface area contributed by atoms with Crippen LogP contribution in [0.1, 0.15) is 41.5 Å². The Balaban J connectivity index is 4.53. The molecule has 0 fully saturated rings. The molecule has 0 spiro atoms. The zero-order valence-corrected chi connectivity index (χ0v) is 16.2. The maximum atomic E-state index is 3.00. The highest BCUT2D eigenvalue weighted by Crippen LogP contribution is 2.49. The topological polar surface area (TPSA) is 0 Å². The van der Waals surface area contributed by atoms with Crippen molar-refractivity contribution in [3.05, 3.63) is 0 Å². The van der Waals surface area contributed by atoms with E-state index in [0.717, 1.165) is 0 Å². The third-order valence-electron chi connectivity index (χ3n) is 1.89. The molecular formula is C12H30P4. The SMILES string of the molecule is CC(C)(P)CP(CC(C)(C)P)CC(C)(C)P. The Bertz CT molecular complexity index is 166. The van der Waals surface area contributed by atoms with Crippen LogP contribution in [0.15, 0.2) is 0 Å². The average molecular weight is 298 g/mol. The van der Waals surface area contributed by atoms with E-state index in [0.29, 0.717) is 15.5 Å². The second kappa shape index (κ2) is 6.25. The van der Waals surface area contributed by atoms with Gasteiger partial charge in [0.1, 0.15) is 0 Å². The summed E-state index contributed by atoms with van der Waals surface area (Å²) in [5.74, 6) is 0. The van der Waals surface area contributed by atoms with Gasteiger partial charge in [0.15, 0.2) is 0 Å². The van der Waals surface area contributed by atoms with Crippen LogP contribution < -0.4 is 0 Å². The molecular weight excluding hydrogens is 268 g/mol. The summed E-state index contributed by atoms with van der Waals surface area (Å²) in [5.41, 5.74) is 0. The van der Waals surface area contributed by atoms with Gasteiger partial charge in [-0.3, -0.25) is 0 Å². The first-order valence-corrected chi connectivity index (χ1v) is 9.50. The van der Waals surface area contributed by atoms with Gasteiger partial charge in [0.25, 0.3) is 0 Å². The van der Waals surface area contributed by atoms with Crippen molar-refractivity contribution in [3.63, 3.8) is 0 Å². The van der Waals surface area contributed by atoms with Crippen molar-refractivity contribution in [2.24, 2.45) is 0 Å². The molecule has 0 aromatic rings. The van der Waals surface area contributed by atoms with Crippen molar-refractivity contribution in [2.45, 2.75) is 57.0 Å². The molecule has 0 N–H and O–H groups in total. The predicted molar refractivity (Wildman–Crippen MR) is 92.9 cm³/mol. The highest BCUT2D eigenvalue weighted by Gasteiger charge is 2.27. The summed E-state index contributed by atoms with van der Waals surface area (Å²) in [6.45, 7) is 14.0. The lowest BCUT2D eigenvalue weighted by molar-refractivity contribution is 0.761. The smallest absolute Gasteiger partial charge is 0.0167 e. The summed E-state index contributed by atoms with van der Waals surface area (Å²) in [5, 5.41) is 1.16. The Morgan fingerprint density at radius 3 is 0.938 bits per heavy atom. The van der Waals surface area contributed by atoms with Crippen LogP contribution in [0.3, 0.4) is 0 Å². The first-order chi connectivity index (χ1) is 6.79. The molecule has 0 saturated heterocycles. The Hall–Kier alpha value is 1.72. The van der Waals surface area contributed by atoms with Gasteiger partial charge in [0, 0.05) is 0 Å². The minimum atomic E-state index is 0.113. The van der Waals surface area contributed by atoms with E-state index >= 15 is 0 Å². The van der Waals surface area contributed by atoms with Gasteiger partial charge in [-0.05, 0) is 34.0 Å². The predicted octanol–water partition coefficient (Wildman–Crippen LogP) is 4.43. The molecule has 0 saturated carbocycles. The zero-order chi connectivity index (χ0) is 13.2.